The van der Waals surface area contributed by atoms with Gasteiger partial charge < -0.3 is 4.90 Å². The fraction of sp³-hybridized carbons (Fsp3) is 0.188. The van der Waals surface area contributed by atoms with E-state index in [1.807, 2.05) is 6.92 Å². The topological polar surface area (TPSA) is 57.7 Å². The molecule has 1 atom stereocenters. The molecule has 1 aliphatic rings. The summed E-state index contributed by atoms with van der Waals surface area (Å²) >= 11 is 11.8. The zero-order valence-electron chi connectivity index (χ0n) is 12.3. The van der Waals surface area contributed by atoms with Crippen LogP contribution in [0.2, 0.25) is 10.0 Å². The number of allylic oxidation sites excluding steroid dienone is 3. The Hall–Kier alpha value is -2.11. The normalized spacial score (nSPS) is 18.4. The van der Waals surface area contributed by atoms with Crippen molar-refractivity contribution in [1.82, 2.24) is 4.90 Å². The molecular formula is C16H14Cl2N2O3. The van der Waals surface area contributed by atoms with Crippen LogP contribution in [0.5, 0.6) is 0 Å². The summed E-state index contributed by atoms with van der Waals surface area (Å²) in [5.74, 6) is -0.907. The van der Waals surface area contributed by atoms with E-state index < -0.39 is 17.9 Å². The Balaban J connectivity index is 2.30. The van der Waals surface area contributed by atoms with Gasteiger partial charge in [0, 0.05) is 16.2 Å². The molecule has 2 rings (SSSR count). The highest BCUT2D eigenvalue weighted by molar-refractivity contribution is 6.35. The van der Waals surface area contributed by atoms with Crippen molar-refractivity contribution < 1.29 is 14.4 Å². The van der Waals surface area contributed by atoms with Crippen LogP contribution in [-0.2, 0) is 14.4 Å². The van der Waals surface area contributed by atoms with E-state index in [2.05, 4.69) is 0 Å². The summed E-state index contributed by atoms with van der Waals surface area (Å²) in [6, 6.07) is 3.59. The number of carbonyl (C=O) groups is 3. The fourth-order valence-electron chi connectivity index (χ4n) is 2.26. The lowest BCUT2D eigenvalue weighted by Gasteiger charge is -2.20. The van der Waals surface area contributed by atoms with E-state index in [0.29, 0.717) is 22.1 Å². The van der Waals surface area contributed by atoms with E-state index in [1.165, 1.54) is 29.3 Å². The van der Waals surface area contributed by atoms with Crippen molar-refractivity contribution >= 4 is 47.1 Å². The largest absolute Gasteiger partial charge is 0.309 e. The Morgan fingerprint density at radius 3 is 2.39 bits per heavy atom. The lowest BCUT2D eigenvalue weighted by Crippen LogP contribution is -2.38. The molecule has 1 fully saturated rings. The molecule has 0 radical (unpaired) electrons. The smallest absolute Gasteiger partial charge is 0.257 e. The van der Waals surface area contributed by atoms with Crippen LogP contribution in [0.3, 0.4) is 0 Å². The molecule has 0 bridgehead atoms. The van der Waals surface area contributed by atoms with E-state index in [1.54, 1.807) is 18.2 Å². The Morgan fingerprint density at radius 2 is 1.83 bits per heavy atom. The second kappa shape index (κ2) is 7.44. The van der Waals surface area contributed by atoms with Gasteiger partial charge >= 0.3 is 0 Å². The van der Waals surface area contributed by atoms with Crippen molar-refractivity contribution in [2.24, 2.45) is 0 Å². The molecule has 5 nitrogen and oxygen atoms in total. The minimum atomic E-state index is -0.876. The first-order valence-corrected chi connectivity index (χ1v) is 7.58. The Morgan fingerprint density at radius 1 is 1.17 bits per heavy atom. The third-order valence-corrected chi connectivity index (χ3v) is 3.71. The molecule has 0 aliphatic carbocycles. The minimum absolute atomic E-state index is 0.0954. The van der Waals surface area contributed by atoms with Gasteiger partial charge in [-0.25, -0.2) is 4.90 Å². The summed E-state index contributed by atoms with van der Waals surface area (Å²) in [5, 5.41) is 0.633. The van der Waals surface area contributed by atoms with Gasteiger partial charge in [0.2, 0.25) is 12.3 Å². The molecule has 1 aliphatic heterocycles. The molecule has 3 amide bonds. The number of halogens is 2. The summed E-state index contributed by atoms with van der Waals surface area (Å²) in [6.07, 6.45) is 6.99. The van der Waals surface area contributed by atoms with Crippen LogP contribution < -0.4 is 4.90 Å². The maximum absolute atomic E-state index is 12.5. The average molecular weight is 353 g/mol. The van der Waals surface area contributed by atoms with Gasteiger partial charge in [0.1, 0.15) is 6.04 Å². The van der Waals surface area contributed by atoms with Gasteiger partial charge in [0.25, 0.3) is 5.91 Å². The molecule has 1 unspecified atom stereocenters. The fourth-order valence-corrected chi connectivity index (χ4v) is 2.78. The molecule has 23 heavy (non-hydrogen) atoms. The lowest BCUT2D eigenvalue weighted by molar-refractivity contribution is -0.127. The first-order chi connectivity index (χ1) is 11.0. The molecule has 1 heterocycles. The number of imide groups is 1. The molecule has 7 heteroatoms. The Labute approximate surface area is 143 Å². The second-order valence-electron chi connectivity index (χ2n) is 4.83. The summed E-state index contributed by atoms with van der Waals surface area (Å²) in [5.41, 5.74) is 0.295. The van der Waals surface area contributed by atoms with Gasteiger partial charge in [-0.2, -0.15) is 0 Å². The Bertz CT molecular complexity index is 680. The first kappa shape index (κ1) is 17.2. The highest BCUT2D eigenvalue weighted by atomic mass is 35.5. The second-order valence-corrected chi connectivity index (χ2v) is 5.71. The highest BCUT2D eigenvalue weighted by Gasteiger charge is 2.42. The van der Waals surface area contributed by atoms with E-state index in [9.17, 15) is 14.4 Å². The van der Waals surface area contributed by atoms with Gasteiger partial charge in [-0.1, -0.05) is 35.4 Å². The van der Waals surface area contributed by atoms with Gasteiger partial charge in [-0.05, 0) is 31.2 Å². The summed E-state index contributed by atoms with van der Waals surface area (Å²) in [4.78, 5) is 38.1. The molecule has 1 saturated heterocycles. The maximum atomic E-state index is 12.5. The standard InChI is InChI=1S/C16H14Cl2N2O3/c1-2-3-4-5-19(10-21)14-9-15(22)20(16(14)23)13-7-11(17)6-12(18)8-13/h2-8,10,14H,9H2,1H3. The number of carbonyl (C=O) groups excluding carboxylic acids is 3. The van der Waals surface area contributed by atoms with Crippen molar-refractivity contribution in [3.8, 4) is 0 Å². The van der Waals surface area contributed by atoms with Crippen molar-refractivity contribution in [2.45, 2.75) is 19.4 Å². The molecule has 0 spiro atoms. The molecular weight excluding hydrogens is 339 g/mol. The monoisotopic (exact) mass is 352 g/mol. The maximum Gasteiger partial charge on any atom is 0.257 e. The van der Waals surface area contributed by atoms with Crippen molar-refractivity contribution in [1.29, 1.82) is 0 Å². The first-order valence-electron chi connectivity index (χ1n) is 6.83. The Kier molecular flexibility index (Phi) is 5.58. The summed E-state index contributed by atoms with van der Waals surface area (Å²) < 4.78 is 0. The molecule has 1 aromatic carbocycles. The van der Waals surface area contributed by atoms with Gasteiger partial charge in [0.05, 0.1) is 12.1 Å². The third kappa shape index (κ3) is 3.81. The zero-order valence-corrected chi connectivity index (χ0v) is 13.8. The van der Waals surface area contributed by atoms with Gasteiger partial charge in [-0.3, -0.25) is 14.4 Å². The van der Waals surface area contributed by atoms with Crippen molar-refractivity contribution in [2.75, 3.05) is 4.90 Å². The number of amides is 3. The number of hydrogen-bond acceptors (Lipinski definition) is 3. The van der Waals surface area contributed by atoms with Crippen LogP contribution in [0.25, 0.3) is 0 Å². The number of rotatable bonds is 5. The molecule has 0 N–H and O–H groups in total. The van der Waals surface area contributed by atoms with E-state index in [0.717, 1.165) is 4.90 Å². The van der Waals surface area contributed by atoms with Gasteiger partial charge in [0.15, 0.2) is 0 Å². The number of nitrogens with zero attached hydrogens (tertiary/aromatic N) is 2. The van der Waals surface area contributed by atoms with Crippen LogP contribution >= 0.6 is 23.2 Å². The predicted octanol–water partition coefficient (Wildman–Crippen LogP) is 3.17. The SMILES string of the molecule is CC=CC=CN(C=O)C1CC(=O)N(c2cc(Cl)cc(Cl)c2)C1=O. The number of anilines is 1. The van der Waals surface area contributed by atoms with Crippen molar-refractivity contribution in [3.05, 3.63) is 52.7 Å². The van der Waals surface area contributed by atoms with E-state index >= 15 is 0 Å². The lowest BCUT2D eigenvalue weighted by atomic mass is 10.2. The van der Waals surface area contributed by atoms with Crippen LogP contribution in [0.1, 0.15) is 13.3 Å². The predicted molar refractivity (Wildman–Crippen MR) is 89.2 cm³/mol. The summed E-state index contributed by atoms with van der Waals surface area (Å²) in [7, 11) is 0. The molecule has 0 saturated carbocycles. The van der Waals surface area contributed by atoms with Crippen LogP contribution in [-0.4, -0.2) is 29.2 Å². The van der Waals surface area contributed by atoms with Crippen LogP contribution in [0.15, 0.2) is 42.6 Å². The van der Waals surface area contributed by atoms with Crippen LogP contribution in [0, 0.1) is 0 Å². The van der Waals surface area contributed by atoms with E-state index in [-0.39, 0.29) is 6.42 Å². The number of hydrogen-bond donors (Lipinski definition) is 0. The van der Waals surface area contributed by atoms with Gasteiger partial charge in [-0.15, -0.1) is 0 Å². The summed E-state index contributed by atoms with van der Waals surface area (Å²) in [6.45, 7) is 1.82. The molecule has 1 aromatic rings. The minimum Gasteiger partial charge on any atom is -0.309 e. The highest BCUT2D eigenvalue weighted by Crippen LogP contribution is 2.30. The quantitative estimate of drug-likeness (QED) is 0.464. The molecule has 0 aromatic heterocycles. The average Bonchev–Trinajstić information content (AvgIpc) is 2.77. The van der Waals surface area contributed by atoms with Crippen LogP contribution in [0.4, 0.5) is 5.69 Å². The third-order valence-electron chi connectivity index (χ3n) is 3.27. The van der Waals surface area contributed by atoms with Crippen molar-refractivity contribution in [3.63, 3.8) is 0 Å². The number of benzene rings is 1. The zero-order chi connectivity index (χ0) is 17.0. The molecule has 120 valence electrons. The van der Waals surface area contributed by atoms with E-state index in [4.69, 9.17) is 23.2 Å².